The van der Waals surface area contributed by atoms with Gasteiger partial charge in [0.1, 0.15) is 0 Å². The molecule has 3 nitrogen and oxygen atoms in total. The van der Waals surface area contributed by atoms with E-state index in [1.165, 1.54) is 32.4 Å². The van der Waals surface area contributed by atoms with Gasteiger partial charge in [-0.15, -0.1) is 0 Å². The number of hydrogen-bond acceptors (Lipinski definition) is 2. The zero-order chi connectivity index (χ0) is 14.3. The van der Waals surface area contributed by atoms with Crippen LogP contribution in [0.15, 0.2) is 0 Å². The number of likely N-dealkylation sites (tertiary alicyclic amines) is 2. The molecule has 114 valence electrons. The van der Waals surface area contributed by atoms with E-state index in [0.717, 1.165) is 37.8 Å². The molecule has 0 spiro atoms. The van der Waals surface area contributed by atoms with Crippen molar-refractivity contribution in [3.8, 4) is 0 Å². The van der Waals surface area contributed by atoms with E-state index in [2.05, 4.69) is 30.6 Å². The van der Waals surface area contributed by atoms with Crippen molar-refractivity contribution in [3.63, 3.8) is 0 Å². The number of carbonyl (C=O) groups excluding carboxylic acids is 1. The molecule has 1 aliphatic carbocycles. The Bertz CT molecular complexity index is 361. The summed E-state index contributed by atoms with van der Waals surface area (Å²) < 4.78 is 0. The Morgan fingerprint density at radius 3 is 2.15 bits per heavy atom. The summed E-state index contributed by atoms with van der Waals surface area (Å²) in [5, 5.41) is 0. The smallest absolute Gasteiger partial charge is 0.228 e. The van der Waals surface area contributed by atoms with Crippen molar-refractivity contribution in [2.75, 3.05) is 26.2 Å². The second-order valence-corrected chi connectivity index (χ2v) is 7.85. The Morgan fingerprint density at radius 1 is 1.10 bits per heavy atom. The van der Waals surface area contributed by atoms with E-state index in [4.69, 9.17) is 0 Å². The maximum atomic E-state index is 12.5. The first kappa shape index (κ1) is 14.4. The van der Waals surface area contributed by atoms with Crippen LogP contribution in [0.25, 0.3) is 0 Å². The van der Waals surface area contributed by atoms with Gasteiger partial charge in [0, 0.05) is 37.6 Å². The summed E-state index contributed by atoms with van der Waals surface area (Å²) in [5.74, 6) is 2.21. The maximum absolute atomic E-state index is 12.5. The summed E-state index contributed by atoms with van der Waals surface area (Å²) in [6, 6.07) is 0.700. The first-order valence-electron chi connectivity index (χ1n) is 8.53. The Balaban J connectivity index is 1.45. The number of carbonyl (C=O) groups is 1. The first-order chi connectivity index (χ1) is 9.49. The summed E-state index contributed by atoms with van der Waals surface area (Å²) in [7, 11) is 0. The highest BCUT2D eigenvalue weighted by atomic mass is 16.2. The second kappa shape index (κ2) is 5.32. The van der Waals surface area contributed by atoms with Gasteiger partial charge in [-0.1, -0.05) is 13.3 Å². The predicted octanol–water partition coefficient (Wildman–Crippen LogP) is 2.76. The molecule has 20 heavy (non-hydrogen) atoms. The molecule has 3 fully saturated rings. The molecule has 0 radical (unpaired) electrons. The van der Waals surface area contributed by atoms with Gasteiger partial charge in [-0.25, -0.2) is 0 Å². The van der Waals surface area contributed by atoms with Crippen molar-refractivity contribution < 1.29 is 4.79 Å². The third-order valence-electron chi connectivity index (χ3n) is 6.14. The number of nitrogens with zero attached hydrogens (tertiary/aromatic N) is 2. The van der Waals surface area contributed by atoms with Crippen molar-refractivity contribution in [1.29, 1.82) is 0 Å². The molecule has 0 unspecified atom stereocenters. The SMILES string of the molecule is CC(C)N1CC(C2CCN(C(=O)C3(C)CCC3)CC2)C1. The van der Waals surface area contributed by atoms with Crippen LogP contribution in [0.3, 0.4) is 0 Å². The average molecular weight is 278 g/mol. The standard InChI is InChI=1S/C17H30N2O/c1-13(2)19-11-15(12-19)14-5-9-18(10-6-14)16(20)17(3)7-4-8-17/h13-15H,4-12H2,1-3H3. The van der Waals surface area contributed by atoms with Crippen LogP contribution in [0.5, 0.6) is 0 Å². The summed E-state index contributed by atoms with van der Waals surface area (Å²) in [6.45, 7) is 11.3. The van der Waals surface area contributed by atoms with Gasteiger partial charge < -0.3 is 9.80 Å². The van der Waals surface area contributed by atoms with E-state index in [1.807, 2.05) is 0 Å². The minimum atomic E-state index is -0.00223. The summed E-state index contributed by atoms with van der Waals surface area (Å²) in [6.07, 6.45) is 5.93. The molecule has 3 rings (SSSR count). The molecule has 0 N–H and O–H groups in total. The highest BCUT2D eigenvalue weighted by molar-refractivity contribution is 5.83. The fourth-order valence-corrected chi connectivity index (χ4v) is 4.15. The molecule has 0 atom stereocenters. The first-order valence-corrected chi connectivity index (χ1v) is 8.53. The van der Waals surface area contributed by atoms with E-state index in [-0.39, 0.29) is 5.41 Å². The summed E-state index contributed by atoms with van der Waals surface area (Å²) in [4.78, 5) is 17.2. The van der Waals surface area contributed by atoms with Gasteiger partial charge in [0.2, 0.25) is 5.91 Å². The Labute approximate surface area is 123 Å². The Hall–Kier alpha value is -0.570. The lowest BCUT2D eigenvalue weighted by molar-refractivity contribution is -0.148. The molecule has 2 saturated heterocycles. The molecule has 0 aromatic rings. The van der Waals surface area contributed by atoms with Gasteiger partial charge in [-0.3, -0.25) is 4.79 Å². The average Bonchev–Trinajstić information content (AvgIpc) is 2.34. The molecule has 2 heterocycles. The molecular formula is C17H30N2O. The fraction of sp³-hybridized carbons (Fsp3) is 0.941. The fourth-order valence-electron chi connectivity index (χ4n) is 4.15. The number of rotatable bonds is 3. The van der Waals surface area contributed by atoms with Crippen LogP contribution in [0, 0.1) is 17.3 Å². The molecule has 1 saturated carbocycles. The molecule has 3 heteroatoms. The van der Waals surface area contributed by atoms with Gasteiger partial charge in [-0.2, -0.15) is 0 Å². The zero-order valence-corrected chi connectivity index (χ0v) is 13.4. The number of amides is 1. The van der Waals surface area contributed by atoms with Crippen molar-refractivity contribution in [2.45, 2.75) is 58.9 Å². The van der Waals surface area contributed by atoms with E-state index in [1.54, 1.807) is 0 Å². The van der Waals surface area contributed by atoms with Crippen molar-refractivity contribution in [3.05, 3.63) is 0 Å². The molecule has 2 aliphatic heterocycles. The van der Waals surface area contributed by atoms with Crippen LogP contribution in [0.1, 0.15) is 52.9 Å². The van der Waals surface area contributed by atoms with Crippen LogP contribution in [0.4, 0.5) is 0 Å². The Kier molecular flexibility index (Phi) is 3.83. The monoisotopic (exact) mass is 278 g/mol. The normalized spacial score (nSPS) is 28.3. The predicted molar refractivity (Wildman–Crippen MR) is 81.5 cm³/mol. The van der Waals surface area contributed by atoms with Crippen LogP contribution < -0.4 is 0 Å². The topological polar surface area (TPSA) is 23.6 Å². The van der Waals surface area contributed by atoms with Gasteiger partial charge >= 0.3 is 0 Å². The van der Waals surface area contributed by atoms with Crippen molar-refractivity contribution in [1.82, 2.24) is 9.80 Å². The maximum Gasteiger partial charge on any atom is 0.228 e. The molecule has 0 bridgehead atoms. The molecule has 0 aromatic heterocycles. The lowest BCUT2D eigenvalue weighted by atomic mass is 9.69. The molecular weight excluding hydrogens is 248 g/mol. The minimum Gasteiger partial charge on any atom is -0.342 e. The summed E-state index contributed by atoms with van der Waals surface area (Å²) >= 11 is 0. The number of hydrogen-bond donors (Lipinski definition) is 0. The van der Waals surface area contributed by atoms with Crippen molar-refractivity contribution in [2.24, 2.45) is 17.3 Å². The molecule has 0 aromatic carbocycles. The van der Waals surface area contributed by atoms with E-state index >= 15 is 0 Å². The van der Waals surface area contributed by atoms with Crippen LogP contribution in [-0.4, -0.2) is 47.9 Å². The van der Waals surface area contributed by atoms with Gasteiger partial charge in [0.15, 0.2) is 0 Å². The minimum absolute atomic E-state index is 0.00223. The third kappa shape index (κ3) is 2.49. The quantitative estimate of drug-likeness (QED) is 0.792. The van der Waals surface area contributed by atoms with Gasteiger partial charge in [-0.05, 0) is 51.4 Å². The van der Waals surface area contributed by atoms with Crippen LogP contribution in [-0.2, 0) is 4.79 Å². The highest BCUT2D eigenvalue weighted by Crippen LogP contribution is 2.43. The zero-order valence-electron chi connectivity index (χ0n) is 13.4. The second-order valence-electron chi connectivity index (χ2n) is 7.85. The van der Waals surface area contributed by atoms with E-state index in [0.29, 0.717) is 11.9 Å². The van der Waals surface area contributed by atoms with Gasteiger partial charge in [0.05, 0.1) is 0 Å². The summed E-state index contributed by atoms with van der Waals surface area (Å²) in [5.41, 5.74) is -0.00223. The molecule has 3 aliphatic rings. The third-order valence-corrected chi connectivity index (χ3v) is 6.14. The molecule has 1 amide bonds. The lowest BCUT2D eigenvalue weighted by Crippen LogP contribution is -2.55. The van der Waals surface area contributed by atoms with Crippen molar-refractivity contribution >= 4 is 5.91 Å². The largest absolute Gasteiger partial charge is 0.342 e. The van der Waals surface area contributed by atoms with E-state index in [9.17, 15) is 4.79 Å². The van der Waals surface area contributed by atoms with Gasteiger partial charge in [0.25, 0.3) is 0 Å². The van der Waals surface area contributed by atoms with Crippen LogP contribution >= 0.6 is 0 Å². The highest BCUT2D eigenvalue weighted by Gasteiger charge is 2.43. The van der Waals surface area contributed by atoms with Crippen LogP contribution in [0.2, 0.25) is 0 Å². The lowest BCUT2D eigenvalue weighted by Gasteiger charge is -2.49. The Morgan fingerprint density at radius 2 is 1.70 bits per heavy atom. The number of piperidine rings is 1. The van der Waals surface area contributed by atoms with E-state index < -0.39 is 0 Å².